The quantitative estimate of drug-likeness (QED) is 0.0376. The minimum Gasteiger partial charge on any atom is -0.119 e. The molecular weight excluding hydrogens is 656 g/mol. The average Bonchev–Trinajstić information content (AvgIpc) is 2.96. The third-order valence-corrected chi connectivity index (χ3v) is 8.49. The van der Waals surface area contributed by atoms with Crippen LogP contribution < -0.4 is 0 Å². The van der Waals surface area contributed by atoms with E-state index in [1.807, 2.05) is 0 Å². The molecule has 0 spiro atoms. The van der Waals surface area contributed by atoms with E-state index in [0.717, 1.165) is 25.7 Å². The third kappa shape index (κ3) is 40.9. The van der Waals surface area contributed by atoms with E-state index in [0.29, 0.717) is 13.2 Å². The van der Waals surface area contributed by atoms with Crippen LogP contribution in [0.3, 0.4) is 0 Å². The van der Waals surface area contributed by atoms with Gasteiger partial charge in [0.1, 0.15) is 13.2 Å². The van der Waals surface area contributed by atoms with Gasteiger partial charge in [0, 0.05) is 45.4 Å². The Hall–Kier alpha value is 0.851. The van der Waals surface area contributed by atoms with Crippen molar-refractivity contribution in [3.05, 3.63) is 24.3 Å². The Labute approximate surface area is 291 Å². The van der Waals surface area contributed by atoms with Crippen LogP contribution in [-0.4, -0.2) is 13.2 Å². The van der Waals surface area contributed by atoms with Crippen molar-refractivity contribution < 1.29 is 54.5 Å². The van der Waals surface area contributed by atoms with E-state index in [4.69, 9.17) is 9.05 Å². The molecule has 0 unspecified atom stereocenters. The van der Waals surface area contributed by atoms with E-state index in [2.05, 4.69) is 38.2 Å². The number of unbranched alkanes of at least 4 members (excludes halogenated alkanes) is 24. The van der Waals surface area contributed by atoms with E-state index in [9.17, 15) is 4.57 Å². The van der Waals surface area contributed by atoms with Gasteiger partial charge in [-0.15, -0.1) is 9.05 Å². The molecule has 0 bridgehead atoms. The average molecular weight is 726 g/mol. The summed E-state index contributed by atoms with van der Waals surface area (Å²) in [6.07, 6.45) is 45.8. The van der Waals surface area contributed by atoms with E-state index in [-0.39, 0.29) is 40.8 Å². The summed E-state index contributed by atoms with van der Waals surface area (Å²) in [5.74, 6) is 0. The van der Waals surface area contributed by atoms with Crippen molar-refractivity contribution in [1.82, 2.24) is 0 Å². The van der Waals surface area contributed by atoms with Gasteiger partial charge in [-0.2, -0.15) is 0 Å². The standard InChI is InChI=1S/C36H70O3P.Nd/c1-3-5-7-9-11-13-15-17-19-21-23-25-27-29-31-33-35-38-40(37)39-36-34-32-30-28-26-24-22-20-18-16-14-12-10-8-6-4-2;/h17-20H,3-16,21-36H2,1-2H3;/q+1;/b19-17-,20-18-;. The molecule has 0 radical (unpaired) electrons. The van der Waals surface area contributed by atoms with Crippen molar-refractivity contribution in [2.24, 2.45) is 0 Å². The third-order valence-electron chi connectivity index (χ3n) is 7.71. The van der Waals surface area contributed by atoms with E-state index in [1.54, 1.807) is 0 Å². The Morgan fingerprint density at radius 2 is 0.634 bits per heavy atom. The molecule has 0 aromatic carbocycles. The second-order valence-corrected chi connectivity index (χ2v) is 12.7. The molecule has 0 aromatic heterocycles. The molecule has 0 saturated heterocycles. The Morgan fingerprint density at radius 1 is 0.390 bits per heavy atom. The fourth-order valence-corrected chi connectivity index (χ4v) is 5.65. The van der Waals surface area contributed by atoms with Crippen LogP contribution in [-0.2, 0) is 13.6 Å². The normalized spacial score (nSPS) is 11.6. The first-order valence-electron chi connectivity index (χ1n) is 17.8. The van der Waals surface area contributed by atoms with Gasteiger partial charge in [-0.25, -0.2) is 0 Å². The molecule has 5 heteroatoms. The molecule has 3 nitrogen and oxygen atoms in total. The molecule has 0 aliphatic rings. The zero-order valence-electron chi connectivity index (χ0n) is 27.7. The molecule has 41 heavy (non-hydrogen) atoms. The molecule has 0 rings (SSSR count). The van der Waals surface area contributed by atoms with Gasteiger partial charge in [0.05, 0.1) is 0 Å². The minimum atomic E-state index is -1.93. The fraction of sp³-hybridized carbons (Fsp3) is 0.889. The summed E-state index contributed by atoms with van der Waals surface area (Å²) in [4.78, 5) is 0. The van der Waals surface area contributed by atoms with Gasteiger partial charge >= 0.3 is 8.25 Å². The maximum atomic E-state index is 11.9. The maximum absolute atomic E-state index is 11.9. The van der Waals surface area contributed by atoms with Crippen molar-refractivity contribution in [2.75, 3.05) is 13.2 Å². The van der Waals surface area contributed by atoms with Gasteiger partial charge in [-0.1, -0.05) is 154 Å². The summed E-state index contributed by atoms with van der Waals surface area (Å²) in [5, 5.41) is 0. The second-order valence-electron chi connectivity index (χ2n) is 11.8. The Kier molecular flexibility index (Phi) is 43.8. The monoisotopic (exact) mass is 723 g/mol. The maximum Gasteiger partial charge on any atom is 0.697 e. The number of hydrogen-bond acceptors (Lipinski definition) is 3. The van der Waals surface area contributed by atoms with Crippen LogP contribution in [0, 0.1) is 40.8 Å². The Bertz CT molecular complexity index is 507. The molecule has 0 N–H and O–H groups in total. The molecule has 0 amide bonds. The van der Waals surface area contributed by atoms with Crippen molar-refractivity contribution >= 4 is 8.25 Å². The van der Waals surface area contributed by atoms with Crippen LogP contribution in [0.15, 0.2) is 24.3 Å². The fourth-order valence-electron chi connectivity index (χ4n) is 5.01. The van der Waals surface area contributed by atoms with Crippen LogP contribution >= 0.6 is 8.25 Å². The van der Waals surface area contributed by atoms with E-state index >= 15 is 0 Å². The van der Waals surface area contributed by atoms with Crippen molar-refractivity contribution in [2.45, 2.75) is 194 Å². The first-order valence-corrected chi connectivity index (χ1v) is 18.9. The molecule has 0 aliphatic heterocycles. The number of allylic oxidation sites excluding steroid dienone is 4. The van der Waals surface area contributed by atoms with Crippen LogP contribution in [0.25, 0.3) is 0 Å². The van der Waals surface area contributed by atoms with E-state index in [1.165, 1.54) is 154 Å². The van der Waals surface area contributed by atoms with Crippen LogP contribution in [0.1, 0.15) is 194 Å². The zero-order chi connectivity index (χ0) is 29.0. The second kappa shape index (κ2) is 40.9. The minimum absolute atomic E-state index is 0. The topological polar surface area (TPSA) is 35.5 Å². The van der Waals surface area contributed by atoms with Crippen LogP contribution in [0.4, 0.5) is 0 Å². The Balaban J connectivity index is 0. The van der Waals surface area contributed by atoms with Crippen molar-refractivity contribution in [3.63, 3.8) is 0 Å². The van der Waals surface area contributed by atoms with Crippen molar-refractivity contribution in [3.8, 4) is 0 Å². The molecule has 0 atom stereocenters. The summed E-state index contributed by atoms with van der Waals surface area (Å²) in [6, 6.07) is 0. The largest absolute Gasteiger partial charge is 0.697 e. The van der Waals surface area contributed by atoms with Gasteiger partial charge in [0.2, 0.25) is 0 Å². The van der Waals surface area contributed by atoms with Gasteiger partial charge in [-0.3, -0.25) is 0 Å². The van der Waals surface area contributed by atoms with E-state index < -0.39 is 8.25 Å². The summed E-state index contributed by atoms with van der Waals surface area (Å²) in [7, 11) is -1.93. The van der Waals surface area contributed by atoms with Crippen LogP contribution in [0.2, 0.25) is 0 Å². The predicted octanol–water partition coefficient (Wildman–Crippen LogP) is 13.8. The first kappa shape index (κ1) is 44.0. The summed E-state index contributed by atoms with van der Waals surface area (Å²) in [6.45, 7) is 5.67. The zero-order valence-corrected chi connectivity index (χ0v) is 31.8. The molecule has 0 aromatic rings. The summed E-state index contributed by atoms with van der Waals surface area (Å²) >= 11 is 0. The summed E-state index contributed by atoms with van der Waals surface area (Å²) < 4.78 is 22.6. The van der Waals surface area contributed by atoms with Gasteiger partial charge in [0.15, 0.2) is 0 Å². The smallest absolute Gasteiger partial charge is 0.119 e. The Morgan fingerprint density at radius 3 is 0.927 bits per heavy atom. The number of hydrogen-bond donors (Lipinski definition) is 0. The molecular formula is C36H70NdO3P+. The molecule has 0 fully saturated rings. The van der Waals surface area contributed by atoms with Gasteiger partial charge < -0.3 is 0 Å². The number of rotatable bonds is 34. The molecule has 240 valence electrons. The SMILES string of the molecule is CCCCCCCC/C=C\CCCCCCCCO[P+](=O)OCCCCCCCC/C=C\CCCCCCCC.[Nd]. The van der Waals surface area contributed by atoms with Crippen molar-refractivity contribution in [1.29, 1.82) is 0 Å². The predicted molar refractivity (Wildman–Crippen MR) is 178 cm³/mol. The first-order chi connectivity index (χ1) is 19.8. The van der Waals surface area contributed by atoms with Crippen LogP contribution in [0.5, 0.6) is 0 Å². The molecule has 0 heterocycles. The summed E-state index contributed by atoms with van der Waals surface area (Å²) in [5.41, 5.74) is 0. The van der Waals surface area contributed by atoms with Gasteiger partial charge in [0.25, 0.3) is 0 Å². The molecule has 0 saturated carbocycles. The molecule has 0 aliphatic carbocycles. The van der Waals surface area contributed by atoms with Gasteiger partial charge in [-0.05, 0) is 64.2 Å².